The minimum absolute atomic E-state index is 0.195. The lowest BCUT2D eigenvalue weighted by Gasteiger charge is -2.19. The average molecular weight is 339 g/mol. The van der Waals surface area contributed by atoms with Gasteiger partial charge in [0, 0.05) is 18.0 Å². The van der Waals surface area contributed by atoms with E-state index in [-0.39, 0.29) is 12.6 Å². The largest absolute Gasteiger partial charge is 0.490 e. The standard InChI is InChI=1S/C20H21NO4/c1-2-23-18-7-3-6-16-13-17(14-25-19(16)18)20(22)24-12-4-5-15-8-10-21-11-9-15/h3,6-11,13H,2,4-5,12,14H2,1H3. The van der Waals surface area contributed by atoms with Crippen LogP contribution in [0, 0.1) is 0 Å². The topological polar surface area (TPSA) is 57.7 Å². The molecule has 0 amide bonds. The summed E-state index contributed by atoms with van der Waals surface area (Å²) in [5, 5.41) is 0. The third-order valence-electron chi connectivity index (χ3n) is 3.87. The van der Waals surface area contributed by atoms with Crippen LogP contribution in [0.3, 0.4) is 0 Å². The lowest BCUT2D eigenvalue weighted by molar-refractivity contribution is -0.139. The second-order valence-corrected chi connectivity index (χ2v) is 5.66. The van der Waals surface area contributed by atoms with E-state index in [1.807, 2.05) is 43.3 Å². The van der Waals surface area contributed by atoms with Crippen molar-refractivity contribution in [1.82, 2.24) is 4.98 Å². The fourth-order valence-corrected chi connectivity index (χ4v) is 2.65. The Hall–Kier alpha value is -2.82. The molecule has 3 rings (SSSR count). The van der Waals surface area contributed by atoms with Crippen molar-refractivity contribution in [2.75, 3.05) is 19.8 Å². The van der Waals surface area contributed by atoms with Crippen LogP contribution in [0.1, 0.15) is 24.5 Å². The molecule has 0 fully saturated rings. The maximum Gasteiger partial charge on any atom is 0.337 e. The van der Waals surface area contributed by atoms with Crippen molar-refractivity contribution in [2.45, 2.75) is 19.8 Å². The number of carbonyl (C=O) groups excluding carboxylic acids is 1. The molecule has 0 saturated carbocycles. The summed E-state index contributed by atoms with van der Waals surface area (Å²) in [6.07, 6.45) is 6.96. The molecule has 1 aliphatic rings. The second-order valence-electron chi connectivity index (χ2n) is 5.66. The number of pyridine rings is 1. The van der Waals surface area contributed by atoms with E-state index in [2.05, 4.69) is 4.98 Å². The van der Waals surface area contributed by atoms with Gasteiger partial charge < -0.3 is 14.2 Å². The van der Waals surface area contributed by atoms with Gasteiger partial charge >= 0.3 is 5.97 Å². The smallest absolute Gasteiger partial charge is 0.337 e. The molecule has 5 heteroatoms. The van der Waals surface area contributed by atoms with Crippen LogP contribution in [-0.4, -0.2) is 30.8 Å². The highest BCUT2D eigenvalue weighted by molar-refractivity contribution is 5.95. The number of aromatic nitrogens is 1. The zero-order valence-electron chi connectivity index (χ0n) is 14.2. The van der Waals surface area contributed by atoms with E-state index < -0.39 is 0 Å². The molecule has 0 bridgehead atoms. The van der Waals surface area contributed by atoms with Crippen molar-refractivity contribution in [3.05, 3.63) is 59.4 Å². The number of carbonyl (C=O) groups is 1. The number of rotatable bonds is 7. The number of para-hydroxylation sites is 1. The van der Waals surface area contributed by atoms with E-state index in [1.54, 1.807) is 12.4 Å². The maximum atomic E-state index is 12.2. The molecule has 0 spiro atoms. The highest BCUT2D eigenvalue weighted by Gasteiger charge is 2.21. The fourth-order valence-electron chi connectivity index (χ4n) is 2.65. The molecule has 0 radical (unpaired) electrons. The molecule has 25 heavy (non-hydrogen) atoms. The van der Waals surface area contributed by atoms with E-state index in [4.69, 9.17) is 14.2 Å². The predicted molar refractivity (Wildman–Crippen MR) is 94.6 cm³/mol. The molecular formula is C20H21NO4. The number of hydrogen-bond acceptors (Lipinski definition) is 5. The number of hydrogen-bond donors (Lipinski definition) is 0. The first-order valence-corrected chi connectivity index (χ1v) is 8.43. The molecule has 1 aliphatic heterocycles. The molecule has 1 aromatic carbocycles. The first kappa shape index (κ1) is 17.0. The Morgan fingerprint density at radius 3 is 2.88 bits per heavy atom. The summed E-state index contributed by atoms with van der Waals surface area (Å²) in [5.41, 5.74) is 2.54. The van der Waals surface area contributed by atoms with Gasteiger partial charge in [0.15, 0.2) is 11.5 Å². The van der Waals surface area contributed by atoms with Crippen LogP contribution in [0.2, 0.25) is 0 Å². The van der Waals surface area contributed by atoms with Crippen LogP contribution in [-0.2, 0) is 16.0 Å². The Bertz CT molecular complexity index is 756. The zero-order chi connectivity index (χ0) is 17.5. The van der Waals surface area contributed by atoms with E-state index in [0.29, 0.717) is 30.3 Å². The summed E-state index contributed by atoms with van der Waals surface area (Å²) < 4.78 is 16.6. The third kappa shape index (κ3) is 4.38. The Labute approximate surface area is 147 Å². The number of aryl methyl sites for hydroxylation is 1. The molecule has 0 atom stereocenters. The van der Waals surface area contributed by atoms with Gasteiger partial charge in [0.2, 0.25) is 0 Å². The molecule has 2 aromatic rings. The summed E-state index contributed by atoms with van der Waals surface area (Å²) in [4.78, 5) is 16.2. The van der Waals surface area contributed by atoms with Crippen LogP contribution in [0.4, 0.5) is 0 Å². The minimum atomic E-state index is -0.331. The van der Waals surface area contributed by atoms with Crippen molar-refractivity contribution < 1.29 is 19.0 Å². The minimum Gasteiger partial charge on any atom is -0.490 e. The lowest BCUT2D eigenvalue weighted by Crippen LogP contribution is -2.18. The Morgan fingerprint density at radius 1 is 1.24 bits per heavy atom. The van der Waals surface area contributed by atoms with E-state index in [0.717, 1.165) is 18.4 Å². The molecule has 0 N–H and O–H groups in total. The average Bonchev–Trinajstić information content (AvgIpc) is 2.66. The number of esters is 1. The molecule has 1 aromatic heterocycles. The molecule has 5 nitrogen and oxygen atoms in total. The normalized spacial score (nSPS) is 12.6. The van der Waals surface area contributed by atoms with E-state index >= 15 is 0 Å². The van der Waals surface area contributed by atoms with E-state index in [9.17, 15) is 4.79 Å². The SMILES string of the molecule is CCOc1cccc2c1OCC(C(=O)OCCCc1ccncc1)=C2. The van der Waals surface area contributed by atoms with Crippen LogP contribution in [0.25, 0.3) is 6.08 Å². The van der Waals surface area contributed by atoms with Crippen molar-refractivity contribution in [3.8, 4) is 11.5 Å². The van der Waals surface area contributed by atoms with Gasteiger partial charge in [0.1, 0.15) is 6.61 Å². The first-order chi connectivity index (χ1) is 12.3. The van der Waals surface area contributed by atoms with Gasteiger partial charge in [0.25, 0.3) is 0 Å². The zero-order valence-corrected chi connectivity index (χ0v) is 14.2. The number of fused-ring (bicyclic) bond motifs is 1. The number of benzene rings is 1. The van der Waals surface area contributed by atoms with Gasteiger partial charge in [-0.1, -0.05) is 12.1 Å². The van der Waals surface area contributed by atoms with Crippen molar-refractivity contribution in [2.24, 2.45) is 0 Å². The summed E-state index contributed by atoms with van der Waals surface area (Å²) in [6, 6.07) is 9.57. The molecule has 0 aliphatic carbocycles. The third-order valence-corrected chi connectivity index (χ3v) is 3.87. The summed E-state index contributed by atoms with van der Waals surface area (Å²) >= 11 is 0. The number of ether oxygens (including phenoxy) is 3. The quantitative estimate of drug-likeness (QED) is 0.571. The van der Waals surface area contributed by atoms with Gasteiger partial charge in [0.05, 0.1) is 18.8 Å². The lowest BCUT2D eigenvalue weighted by atomic mass is 10.1. The first-order valence-electron chi connectivity index (χ1n) is 8.43. The molecule has 0 saturated heterocycles. The van der Waals surface area contributed by atoms with Gasteiger partial charge in [-0.15, -0.1) is 0 Å². The van der Waals surface area contributed by atoms with Crippen LogP contribution in [0.5, 0.6) is 11.5 Å². The van der Waals surface area contributed by atoms with Gasteiger partial charge in [-0.25, -0.2) is 4.79 Å². The van der Waals surface area contributed by atoms with Crippen LogP contribution in [0.15, 0.2) is 48.3 Å². The highest BCUT2D eigenvalue weighted by Crippen LogP contribution is 2.35. The van der Waals surface area contributed by atoms with Crippen LogP contribution >= 0.6 is 0 Å². The van der Waals surface area contributed by atoms with Crippen LogP contribution < -0.4 is 9.47 Å². The summed E-state index contributed by atoms with van der Waals surface area (Å²) in [6.45, 7) is 3.06. The maximum absolute atomic E-state index is 12.2. The Kier molecular flexibility index (Phi) is 5.67. The van der Waals surface area contributed by atoms with Gasteiger partial charge in [-0.3, -0.25) is 4.98 Å². The Balaban J connectivity index is 1.55. The molecular weight excluding hydrogens is 318 g/mol. The van der Waals surface area contributed by atoms with Gasteiger partial charge in [-0.05, 0) is 49.6 Å². The van der Waals surface area contributed by atoms with Crippen molar-refractivity contribution in [1.29, 1.82) is 0 Å². The van der Waals surface area contributed by atoms with E-state index in [1.165, 1.54) is 5.56 Å². The Morgan fingerprint density at radius 2 is 2.08 bits per heavy atom. The molecule has 0 unspecified atom stereocenters. The highest BCUT2D eigenvalue weighted by atomic mass is 16.5. The van der Waals surface area contributed by atoms with Gasteiger partial charge in [-0.2, -0.15) is 0 Å². The van der Waals surface area contributed by atoms with Crippen molar-refractivity contribution in [3.63, 3.8) is 0 Å². The summed E-state index contributed by atoms with van der Waals surface area (Å²) in [5.74, 6) is 1.04. The molecule has 130 valence electrons. The predicted octanol–water partition coefficient (Wildman–Crippen LogP) is 3.43. The second kappa shape index (κ2) is 8.33. The fraction of sp³-hybridized carbons (Fsp3) is 0.300. The summed E-state index contributed by atoms with van der Waals surface area (Å²) in [7, 11) is 0. The monoisotopic (exact) mass is 339 g/mol. The van der Waals surface area contributed by atoms with Crippen molar-refractivity contribution >= 4 is 12.0 Å². The number of nitrogens with zero attached hydrogens (tertiary/aromatic N) is 1. The molecule has 2 heterocycles.